The normalized spacial score (nSPS) is 25.6. The van der Waals surface area contributed by atoms with Crippen LogP contribution in [0.25, 0.3) is 0 Å². The van der Waals surface area contributed by atoms with Gasteiger partial charge in [-0.3, -0.25) is 4.99 Å². The molecule has 2 aliphatic carbocycles. The molecule has 0 radical (unpaired) electrons. The Bertz CT molecular complexity index is 361. The van der Waals surface area contributed by atoms with E-state index in [9.17, 15) is 0 Å². The smallest absolute Gasteiger partial charge is 0.191 e. The molecule has 0 saturated heterocycles. The predicted molar refractivity (Wildman–Crippen MR) is 119 cm³/mol. The lowest BCUT2D eigenvalue weighted by Crippen LogP contribution is -2.43. The van der Waals surface area contributed by atoms with Crippen LogP contribution in [-0.2, 0) is 0 Å². The molecule has 2 aliphatic rings. The van der Waals surface area contributed by atoms with Crippen molar-refractivity contribution in [3.63, 3.8) is 0 Å². The van der Waals surface area contributed by atoms with Crippen LogP contribution in [0.1, 0.15) is 57.8 Å². The van der Waals surface area contributed by atoms with Crippen molar-refractivity contribution in [3.8, 4) is 0 Å². The monoisotopic (exact) mass is 468 g/mol. The predicted octanol–water partition coefficient (Wildman–Crippen LogP) is 3.71. The summed E-state index contributed by atoms with van der Waals surface area (Å²) in [4.78, 5) is 6.95. The maximum atomic E-state index is 4.38. The van der Waals surface area contributed by atoms with Gasteiger partial charge in [-0.2, -0.15) is 11.8 Å². The molecule has 0 aromatic rings. The second-order valence-corrected chi connectivity index (χ2v) is 8.28. The Morgan fingerprint density at radius 1 is 1.17 bits per heavy atom. The summed E-state index contributed by atoms with van der Waals surface area (Å²) in [7, 11) is 4.18. The zero-order chi connectivity index (χ0) is 16.5. The molecule has 2 rings (SSSR count). The van der Waals surface area contributed by atoms with E-state index in [1.165, 1.54) is 64.3 Å². The minimum atomic E-state index is 0. The number of rotatable bonds is 7. The molecule has 0 heterocycles. The number of guanidine groups is 1. The van der Waals surface area contributed by atoms with Gasteiger partial charge >= 0.3 is 0 Å². The van der Waals surface area contributed by atoms with Crippen molar-refractivity contribution in [1.82, 2.24) is 15.5 Å². The van der Waals surface area contributed by atoms with Gasteiger partial charge in [-0.05, 0) is 58.4 Å². The quantitative estimate of drug-likeness (QED) is 0.259. The van der Waals surface area contributed by atoms with Gasteiger partial charge < -0.3 is 15.5 Å². The van der Waals surface area contributed by atoms with Gasteiger partial charge in [-0.1, -0.05) is 19.3 Å². The lowest BCUT2D eigenvalue weighted by Gasteiger charge is -2.31. The van der Waals surface area contributed by atoms with Crippen LogP contribution in [0.5, 0.6) is 0 Å². The number of nitrogens with zero attached hydrogens (tertiary/aromatic N) is 2. The summed E-state index contributed by atoms with van der Waals surface area (Å²) in [5, 5.41) is 7.91. The van der Waals surface area contributed by atoms with Crippen LogP contribution in [0.15, 0.2) is 4.99 Å². The Kier molecular flexibility index (Phi) is 11.8. The fourth-order valence-corrected chi connectivity index (χ4v) is 4.71. The van der Waals surface area contributed by atoms with Crippen molar-refractivity contribution in [2.24, 2.45) is 4.99 Å². The maximum Gasteiger partial charge on any atom is 0.191 e. The Morgan fingerprint density at radius 2 is 1.92 bits per heavy atom. The second kappa shape index (κ2) is 12.6. The van der Waals surface area contributed by atoms with Gasteiger partial charge in [0.25, 0.3) is 0 Å². The average molecular weight is 468 g/mol. The minimum Gasteiger partial charge on any atom is -0.356 e. The molecule has 0 aromatic carbocycles. The molecular formula is C18H37IN4S. The summed E-state index contributed by atoms with van der Waals surface area (Å²) in [5.74, 6) is 0.983. The fraction of sp³-hybridized carbons (Fsp3) is 0.944. The second-order valence-electron chi connectivity index (χ2n) is 7.14. The summed E-state index contributed by atoms with van der Waals surface area (Å²) in [6.07, 6.45) is 14.4. The molecule has 2 fully saturated rings. The van der Waals surface area contributed by atoms with Crippen LogP contribution in [0.4, 0.5) is 0 Å². The van der Waals surface area contributed by atoms with Crippen molar-refractivity contribution >= 4 is 41.7 Å². The molecule has 2 atom stereocenters. The average Bonchev–Trinajstić information content (AvgIpc) is 3.05. The van der Waals surface area contributed by atoms with Crippen LogP contribution in [0.2, 0.25) is 0 Å². The first-order chi connectivity index (χ1) is 11.2. The van der Waals surface area contributed by atoms with Crippen molar-refractivity contribution in [2.45, 2.75) is 75.1 Å². The number of aliphatic imine (C=N–C) groups is 1. The van der Waals surface area contributed by atoms with E-state index in [0.29, 0.717) is 6.04 Å². The van der Waals surface area contributed by atoms with E-state index in [2.05, 4.69) is 33.8 Å². The first-order valence-corrected chi connectivity index (χ1v) is 10.7. The van der Waals surface area contributed by atoms with Crippen LogP contribution in [0, 0.1) is 0 Å². The first kappa shape index (κ1) is 22.4. The highest BCUT2D eigenvalue weighted by Gasteiger charge is 2.24. The maximum absolute atomic E-state index is 4.38. The Hall–Kier alpha value is 0.310. The summed E-state index contributed by atoms with van der Waals surface area (Å²) < 4.78 is 0. The van der Waals surface area contributed by atoms with E-state index in [1.54, 1.807) is 0 Å². The lowest BCUT2D eigenvalue weighted by molar-refractivity contribution is 0.190. The molecule has 2 N–H and O–H groups in total. The van der Waals surface area contributed by atoms with E-state index in [4.69, 9.17) is 0 Å². The van der Waals surface area contributed by atoms with Crippen LogP contribution < -0.4 is 10.6 Å². The van der Waals surface area contributed by atoms with E-state index >= 15 is 0 Å². The van der Waals surface area contributed by atoms with Crippen LogP contribution >= 0.6 is 35.7 Å². The molecule has 0 bridgehead atoms. The van der Waals surface area contributed by atoms with Gasteiger partial charge in [0, 0.05) is 30.9 Å². The third kappa shape index (κ3) is 7.68. The lowest BCUT2D eigenvalue weighted by atomic mass is 9.94. The van der Waals surface area contributed by atoms with E-state index in [1.807, 2.05) is 18.8 Å². The van der Waals surface area contributed by atoms with Gasteiger partial charge in [0.1, 0.15) is 0 Å². The topological polar surface area (TPSA) is 39.7 Å². The number of thioether (sulfide) groups is 1. The highest BCUT2D eigenvalue weighted by molar-refractivity contribution is 14.0. The standard InChI is InChI=1S/C18H36N4S.HI/c1-19-18(21-15-10-11-17(14-15)23-3)20-12-7-13-22(2)16-8-5-4-6-9-16;/h15-17H,4-14H2,1-3H3,(H2,19,20,21);1H. The Labute approximate surface area is 170 Å². The van der Waals surface area contributed by atoms with E-state index in [0.717, 1.165) is 23.8 Å². The summed E-state index contributed by atoms with van der Waals surface area (Å²) in [6.45, 7) is 2.20. The van der Waals surface area contributed by atoms with Crippen molar-refractivity contribution in [2.75, 3.05) is 33.4 Å². The highest BCUT2D eigenvalue weighted by atomic mass is 127. The third-order valence-corrected chi connectivity index (χ3v) is 6.56. The molecule has 6 heteroatoms. The third-order valence-electron chi connectivity index (χ3n) is 5.46. The van der Waals surface area contributed by atoms with Gasteiger partial charge in [0.2, 0.25) is 0 Å². The highest BCUT2D eigenvalue weighted by Crippen LogP contribution is 2.28. The largest absolute Gasteiger partial charge is 0.356 e. The number of hydrogen-bond acceptors (Lipinski definition) is 3. The number of halogens is 1. The molecule has 142 valence electrons. The van der Waals surface area contributed by atoms with Crippen molar-refractivity contribution in [1.29, 1.82) is 0 Å². The molecular weight excluding hydrogens is 431 g/mol. The first-order valence-electron chi connectivity index (χ1n) is 9.43. The van der Waals surface area contributed by atoms with Crippen LogP contribution in [-0.4, -0.2) is 61.6 Å². The fourth-order valence-electron chi connectivity index (χ4n) is 3.91. The molecule has 2 saturated carbocycles. The molecule has 0 amide bonds. The minimum absolute atomic E-state index is 0. The Morgan fingerprint density at radius 3 is 2.54 bits per heavy atom. The molecule has 0 aliphatic heterocycles. The van der Waals surface area contributed by atoms with E-state index < -0.39 is 0 Å². The summed E-state index contributed by atoms with van der Waals surface area (Å²) in [6, 6.07) is 1.42. The van der Waals surface area contributed by atoms with Gasteiger partial charge in [0.15, 0.2) is 5.96 Å². The van der Waals surface area contributed by atoms with Gasteiger partial charge in [-0.15, -0.1) is 24.0 Å². The van der Waals surface area contributed by atoms with Crippen molar-refractivity contribution in [3.05, 3.63) is 0 Å². The van der Waals surface area contributed by atoms with Gasteiger partial charge in [-0.25, -0.2) is 0 Å². The molecule has 0 aromatic heterocycles. The van der Waals surface area contributed by atoms with Crippen molar-refractivity contribution < 1.29 is 0 Å². The Balaban J connectivity index is 0.00000288. The number of hydrogen-bond donors (Lipinski definition) is 2. The van der Waals surface area contributed by atoms with Gasteiger partial charge in [0.05, 0.1) is 0 Å². The van der Waals surface area contributed by atoms with Crippen LogP contribution in [0.3, 0.4) is 0 Å². The summed E-state index contributed by atoms with van der Waals surface area (Å²) >= 11 is 2.00. The number of nitrogens with one attached hydrogen (secondary N) is 2. The SMILES string of the molecule is CN=C(NCCCN(C)C1CCCCC1)NC1CCC(SC)C1.I. The molecule has 2 unspecified atom stereocenters. The molecule has 0 spiro atoms. The molecule has 4 nitrogen and oxygen atoms in total. The van der Waals surface area contributed by atoms with E-state index in [-0.39, 0.29) is 24.0 Å². The zero-order valence-electron chi connectivity index (χ0n) is 15.7. The zero-order valence-corrected chi connectivity index (χ0v) is 18.9. The molecule has 24 heavy (non-hydrogen) atoms. The summed E-state index contributed by atoms with van der Waals surface area (Å²) in [5.41, 5.74) is 0.